The van der Waals surface area contributed by atoms with Gasteiger partial charge in [0.1, 0.15) is 0 Å². The lowest BCUT2D eigenvalue weighted by molar-refractivity contribution is 0.174. The minimum Gasteiger partial charge on any atom is -0.454 e. The molecule has 86 valence electrons. The van der Waals surface area contributed by atoms with Crippen LogP contribution >= 0.6 is 0 Å². The Morgan fingerprint density at radius 3 is 2.47 bits per heavy atom. The highest BCUT2D eigenvalue weighted by atomic mass is 16.7. The van der Waals surface area contributed by atoms with Gasteiger partial charge in [-0.15, -0.1) is 0 Å². The molecule has 0 aliphatic carbocycles. The molecule has 0 saturated heterocycles. The van der Waals surface area contributed by atoms with Gasteiger partial charge in [0, 0.05) is 5.69 Å². The first-order valence-electron chi connectivity index (χ1n) is 5.50. The molecule has 0 amide bonds. The largest absolute Gasteiger partial charge is 0.454 e. The van der Waals surface area contributed by atoms with Gasteiger partial charge in [-0.05, 0) is 41.8 Å². The molecular weight excluding hydrogens is 214 g/mol. The molecule has 1 heterocycles. The summed E-state index contributed by atoms with van der Waals surface area (Å²) in [4.78, 5) is 0. The number of anilines is 1. The Balaban J connectivity index is 2.06. The third-order valence-electron chi connectivity index (χ3n) is 2.99. The Labute approximate surface area is 99.8 Å². The normalized spacial score (nSPS) is 12.8. The molecule has 0 unspecified atom stereocenters. The third kappa shape index (κ3) is 1.69. The fraction of sp³-hybridized carbons (Fsp3) is 0.143. The predicted octanol–water partition coefficient (Wildman–Crippen LogP) is 2.97. The molecule has 17 heavy (non-hydrogen) atoms. The predicted molar refractivity (Wildman–Crippen MR) is 67.2 cm³/mol. The molecule has 0 saturated carbocycles. The van der Waals surface area contributed by atoms with E-state index in [1.165, 1.54) is 0 Å². The number of nitrogens with two attached hydrogens (primary N) is 1. The second-order valence-corrected chi connectivity index (χ2v) is 4.14. The Morgan fingerprint density at radius 1 is 0.941 bits per heavy atom. The van der Waals surface area contributed by atoms with E-state index < -0.39 is 0 Å². The summed E-state index contributed by atoms with van der Waals surface area (Å²) in [6, 6.07) is 12.0. The number of rotatable bonds is 1. The first-order chi connectivity index (χ1) is 8.24. The maximum atomic E-state index is 5.91. The molecule has 0 atom stereocenters. The average Bonchev–Trinajstić information content (AvgIpc) is 2.79. The molecule has 3 rings (SSSR count). The van der Waals surface area contributed by atoms with E-state index in [0.29, 0.717) is 6.79 Å². The first kappa shape index (κ1) is 10.0. The Morgan fingerprint density at radius 2 is 1.65 bits per heavy atom. The van der Waals surface area contributed by atoms with Crippen molar-refractivity contribution in [3.05, 3.63) is 42.0 Å². The number of ether oxygens (including phenoxy) is 2. The number of aryl methyl sites for hydroxylation is 1. The summed E-state index contributed by atoms with van der Waals surface area (Å²) in [5, 5.41) is 0. The lowest BCUT2D eigenvalue weighted by Crippen LogP contribution is -1.92. The minimum absolute atomic E-state index is 0.300. The van der Waals surface area contributed by atoms with Gasteiger partial charge in [0.15, 0.2) is 11.5 Å². The van der Waals surface area contributed by atoms with Crippen LogP contribution in [0.25, 0.3) is 11.1 Å². The molecule has 0 bridgehead atoms. The highest BCUT2D eigenvalue weighted by molar-refractivity contribution is 5.71. The van der Waals surface area contributed by atoms with Crippen LogP contribution in [0.1, 0.15) is 5.56 Å². The number of hydrogen-bond donors (Lipinski definition) is 1. The monoisotopic (exact) mass is 227 g/mol. The second kappa shape index (κ2) is 3.70. The number of benzene rings is 2. The van der Waals surface area contributed by atoms with Crippen molar-refractivity contribution in [2.75, 3.05) is 12.5 Å². The minimum atomic E-state index is 0.300. The van der Waals surface area contributed by atoms with Crippen LogP contribution in [0.2, 0.25) is 0 Å². The summed E-state index contributed by atoms with van der Waals surface area (Å²) < 4.78 is 10.6. The molecule has 2 N–H and O–H groups in total. The molecule has 0 aromatic heterocycles. The Bertz CT molecular complexity index is 578. The van der Waals surface area contributed by atoms with E-state index in [-0.39, 0.29) is 0 Å². The van der Waals surface area contributed by atoms with Crippen LogP contribution in [0.5, 0.6) is 11.5 Å². The van der Waals surface area contributed by atoms with Crippen molar-refractivity contribution in [2.45, 2.75) is 6.92 Å². The topological polar surface area (TPSA) is 44.5 Å². The number of fused-ring (bicyclic) bond motifs is 1. The Hall–Kier alpha value is -2.16. The molecule has 3 heteroatoms. The lowest BCUT2D eigenvalue weighted by atomic mass is 10.0. The van der Waals surface area contributed by atoms with Gasteiger partial charge in [0.05, 0.1) is 0 Å². The fourth-order valence-electron chi connectivity index (χ4n) is 1.90. The lowest BCUT2D eigenvalue weighted by Gasteiger charge is -2.06. The van der Waals surface area contributed by atoms with Crippen molar-refractivity contribution < 1.29 is 9.47 Å². The molecule has 0 fully saturated rings. The van der Waals surface area contributed by atoms with E-state index in [1.54, 1.807) is 0 Å². The second-order valence-electron chi connectivity index (χ2n) is 4.14. The maximum Gasteiger partial charge on any atom is 0.231 e. The first-order valence-corrected chi connectivity index (χ1v) is 5.50. The maximum absolute atomic E-state index is 5.91. The summed E-state index contributed by atoms with van der Waals surface area (Å²) in [6.45, 7) is 2.30. The van der Waals surface area contributed by atoms with Crippen molar-refractivity contribution in [3.8, 4) is 22.6 Å². The molecule has 1 aliphatic heterocycles. The van der Waals surface area contributed by atoms with Gasteiger partial charge in [-0.1, -0.05) is 18.2 Å². The Kier molecular flexibility index (Phi) is 2.18. The van der Waals surface area contributed by atoms with Gasteiger partial charge in [-0.3, -0.25) is 0 Å². The van der Waals surface area contributed by atoms with Crippen LogP contribution in [0, 0.1) is 6.92 Å². The zero-order valence-electron chi connectivity index (χ0n) is 9.57. The van der Waals surface area contributed by atoms with Crippen LogP contribution in [0.15, 0.2) is 36.4 Å². The molecule has 3 nitrogen and oxygen atoms in total. The van der Waals surface area contributed by atoms with Crippen molar-refractivity contribution >= 4 is 5.69 Å². The van der Waals surface area contributed by atoms with Crippen molar-refractivity contribution in [1.82, 2.24) is 0 Å². The molecular formula is C14H13NO2. The van der Waals surface area contributed by atoms with Crippen molar-refractivity contribution in [3.63, 3.8) is 0 Å². The number of nitrogen functional groups attached to an aromatic ring is 1. The SMILES string of the molecule is Cc1ccc(-c2ccc3c(c2)OCO3)cc1N. The molecule has 2 aromatic rings. The molecule has 1 aliphatic rings. The van der Waals surface area contributed by atoms with Crippen molar-refractivity contribution in [2.24, 2.45) is 0 Å². The van der Waals surface area contributed by atoms with Crippen molar-refractivity contribution in [1.29, 1.82) is 0 Å². The van der Waals surface area contributed by atoms with E-state index >= 15 is 0 Å². The quantitative estimate of drug-likeness (QED) is 0.762. The van der Waals surface area contributed by atoms with Crippen LogP contribution in [-0.4, -0.2) is 6.79 Å². The van der Waals surface area contributed by atoms with E-state index in [2.05, 4.69) is 6.07 Å². The summed E-state index contributed by atoms with van der Waals surface area (Å²) in [6.07, 6.45) is 0. The van der Waals surface area contributed by atoms with Gasteiger partial charge < -0.3 is 15.2 Å². The highest BCUT2D eigenvalue weighted by Gasteiger charge is 2.13. The summed E-state index contributed by atoms with van der Waals surface area (Å²) >= 11 is 0. The van der Waals surface area contributed by atoms with Crippen LogP contribution in [0.3, 0.4) is 0 Å². The van der Waals surface area contributed by atoms with Crippen LogP contribution in [0.4, 0.5) is 5.69 Å². The molecule has 0 spiro atoms. The molecule has 2 aromatic carbocycles. The van der Waals surface area contributed by atoms with Gasteiger partial charge in [0.25, 0.3) is 0 Å². The average molecular weight is 227 g/mol. The summed E-state index contributed by atoms with van der Waals surface area (Å²) in [7, 11) is 0. The van der Waals surface area contributed by atoms with Gasteiger partial charge in [-0.2, -0.15) is 0 Å². The smallest absolute Gasteiger partial charge is 0.231 e. The van der Waals surface area contributed by atoms with Gasteiger partial charge in [0.2, 0.25) is 6.79 Å². The molecule has 0 radical (unpaired) electrons. The number of hydrogen-bond acceptors (Lipinski definition) is 3. The van der Waals surface area contributed by atoms with Crippen LogP contribution in [-0.2, 0) is 0 Å². The summed E-state index contributed by atoms with van der Waals surface area (Å²) in [5.74, 6) is 1.59. The van der Waals surface area contributed by atoms with E-state index in [0.717, 1.165) is 33.9 Å². The standard InChI is InChI=1S/C14H13NO2/c1-9-2-3-10(6-12(9)15)11-4-5-13-14(7-11)17-8-16-13/h2-7H,8,15H2,1H3. The van der Waals surface area contributed by atoms with E-state index in [1.807, 2.05) is 37.3 Å². The fourth-order valence-corrected chi connectivity index (χ4v) is 1.90. The van der Waals surface area contributed by atoms with E-state index in [9.17, 15) is 0 Å². The van der Waals surface area contributed by atoms with Crippen LogP contribution < -0.4 is 15.2 Å². The third-order valence-corrected chi connectivity index (χ3v) is 2.99. The van der Waals surface area contributed by atoms with E-state index in [4.69, 9.17) is 15.2 Å². The zero-order chi connectivity index (χ0) is 11.8. The highest BCUT2D eigenvalue weighted by Crippen LogP contribution is 2.36. The van der Waals surface area contributed by atoms with Gasteiger partial charge in [-0.25, -0.2) is 0 Å². The zero-order valence-corrected chi connectivity index (χ0v) is 9.57. The summed E-state index contributed by atoms with van der Waals surface area (Å²) in [5.41, 5.74) is 9.99. The van der Waals surface area contributed by atoms with Gasteiger partial charge >= 0.3 is 0 Å².